The zero-order chi connectivity index (χ0) is 20.8. The third-order valence-electron chi connectivity index (χ3n) is 5.51. The van der Waals surface area contributed by atoms with Crippen molar-refractivity contribution >= 4 is 5.91 Å². The van der Waals surface area contributed by atoms with Crippen LogP contribution in [0.1, 0.15) is 42.9 Å². The predicted molar refractivity (Wildman–Crippen MR) is 109 cm³/mol. The lowest BCUT2D eigenvalue weighted by Crippen LogP contribution is -2.33. The molecule has 2 aromatic carbocycles. The number of hydrogen-bond acceptors (Lipinski definition) is 4. The summed E-state index contributed by atoms with van der Waals surface area (Å²) < 4.78 is 29.4. The van der Waals surface area contributed by atoms with Crippen LogP contribution in [-0.4, -0.2) is 27.2 Å². The maximum absolute atomic E-state index is 13.4. The first-order valence-electron chi connectivity index (χ1n) is 9.89. The van der Waals surface area contributed by atoms with E-state index in [0.29, 0.717) is 23.2 Å². The number of rotatable bonds is 8. The molecule has 2 aromatic rings. The zero-order valence-electron chi connectivity index (χ0n) is 17.2. The Morgan fingerprint density at radius 2 is 1.62 bits per heavy atom. The quantitative estimate of drug-likeness (QED) is 0.710. The van der Waals surface area contributed by atoms with Crippen molar-refractivity contribution in [2.45, 2.75) is 38.1 Å². The average molecular weight is 401 g/mol. The fourth-order valence-corrected chi connectivity index (χ4v) is 4.08. The van der Waals surface area contributed by atoms with Gasteiger partial charge in [0.25, 0.3) is 0 Å². The number of carbonyl (C=O) groups excluding carboxylic acids is 1. The van der Waals surface area contributed by atoms with Gasteiger partial charge in [0.05, 0.1) is 33.8 Å². The van der Waals surface area contributed by atoms with Crippen LogP contribution in [-0.2, 0) is 11.2 Å². The van der Waals surface area contributed by atoms with Gasteiger partial charge in [0.2, 0.25) is 11.7 Å². The number of nitrogens with one attached hydrogen (secondary N) is 1. The van der Waals surface area contributed by atoms with Gasteiger partial charge < -0.3 is 19.5 Å². The lowest BCUT2D eigenvalue weighted by molar-refractivity contribution is -0.121. The molecule has 1 amide bonds. The molecular weight excluding hydrogens is 373 g/mol. The van der Waals surface area contributed by atoms with Gasteiger partial charge in [-0.2, -0.15) is 0 Å². The lowest BCUT2D eigenvalue weighted by atomic mass is 9.91. The van der Waals surface area contributed by atoms with Gasteiger partial charge in [0, 0.05) is 0 Å². The molecule has 1 aliphatic rings. The van der Waals surface area contributed by atoms with Crippen molar-refractivity contribution in [2.24, 2.45) is 5.92 Å². The number of hydrogen-bond donors (Lipinski definition) is 1. The second kappa shape index (κ2) is 9.63. The Morgan fingerprint density at radius 3 is 2.14 bits per heavy atom. The summed E-state index contributed by atoms with van der Waals surface area (Å²) in [6.07, 6.45) is 4.62. The van der Waals surface area contributed by atoms with E-state index >= 15 is 0 Å². The molecule has 1 atom stereocenters. The van der Waals surface area contributed by atoms with E-state index in [9.17, 15) is 9.18 Å². The SMILES string of the molecule is COc1cc(CC(=O)NC(c2ccc(F)cc2)C2CCCC2)cc(OC)c1OC. The van der Waals surface area contributed by atoms with Gasteiger partial charge in [0.1, 0.15) is 5.82 Å². The molecule has 6 heteroatoms. The molecule has 1 aliphatic carbocycles. The lowest BCUT2D eigenvalue weighted by Gasteiger charge is -2.25. The molecule has 1 saturated carbocycles. The molecule has 5 nitrogen and oxygen atoms in total. The predicted octanol–water partition coefficient (Wildman–Crippen LogP) is 4.44. The number of ether oxygens (including phenoxy) is 3. The Labute approximate surface area is 171 Å². The van der Waals surface area contributed by atoms with Crippen LogP contribution in [0.15, 0.2) is 36.4 Å². The maximum Gasteiger partial charge on any atom is 0.224 e. The van der Waals surface area contributed by atoms with Crippen LogP contribution in [0.25, 0.3) is 0 Å². The van der Waals surface area contributed by atoms with Gasteiger partial charge in [-0.25, -0.2) is 4.39 Å². The highest BCUT2D eigenvalue weighted by molar-refractivity contribution is 5.79. The molecule has 0 spiro atoms. The van der Waals surface area contributed by atoms with Gasteiger partial charge in [-0.05, 0) is 54.2 Å². The van der Waals surface area contributed by atoms with E-state index in [0.717, 1.165) is 36.8 Å². The number of benzene rings is 2. The molecule has 0 saturated heterocycles. The molecule has 1 unspecified atom stereocenters. The number of carbonyl (C=O) groups is 1. The summed E-state index contributed by atoms with van der Waals surface area (Å²) in [6.45, 7) is 0. The van der Waals surface area contributed by atoms with Crippen molar-refractivity contribution in [3.05, 3.63) is 53.3 Å². The summed E-state index contributed by atoms with van der Waals surface area (Å²) in [6, 6.07) is 9.86. The van der Waals surface area contributed by atoms with Crippen molar-refractivity contribution in [1.82, 2.24) is 5.32 Å². The first kappa shape index (κ1) is 21.0. The van der Waals surface area contributed by atoms with Gasteiger partial charge in [-0.1, -0.05) is 25.0 Å². The van der Waals surface area contributed by atoms with Crippen LogP contribution in [0.3, 0.4) is 0 Å². The summed E-state index contributed by atoms with van der Waals surface area (Å²) in [5.41, 5.74) is 1.71. The van der Waals surface area contributed by atoms with E-state index in [1.54, 1.807) is 45.6 Å². The van der Waals surface area contributed by atoms with Gasteiger partial charge in [-0.3, -0.25) is 4.79 Å². The first-order chi connectivity index (χ1) is 14.0. The van der Waals surface area contributed by atoms with Crippen molar-refractivity contribution in [3.8, 4) is 17.2 Å². The highest BCUT2D eigenvalue weighted by atomic mass is 19.1. The van der Waals surface area contributed by atoms with Gasteiger partial charge >= 0.3 is 0 Å². The highest BCUT2D eigenvalue weighted by Crippen LogP contribution is 2.39. The van der Waals surface area contributed by atoms with Crippen LogP contribution < -0.4 is 19.5 Å². The molecule has 3 rings (SSSR count). The molecule has 0 bridgehead atoms. The molecule has 1 N–H and O–H groups in total. The Hall–Kier alpha value is -2.76. The summed E-state index contributed by atoms with van der Waals surface area (Å²) in [5.74, 6) is 1.52. The van der Waals surface area contributed by atoms with Gasteiger partial charge in [-0.15, -0.1) is 0 Å². The van der Waals surface area contributed by atoms with Gasteiger partial charge in [0.15, 0.2) is 11.5 Å². The summed E-state index contributed by atoms with van der Waals surface area (Å²) >= 11 is 0. The third kappa shape index (κ3) is 5.00. The average Bonchev–Trinajstić information content (AvgIpc) is 3.26. The van der Waals surface area contributed by atoms with Crippen LogP contribution in [0.4, 0.5) is 4.39 Å². The standard InChI is InChI=1S/C23H28FNO4/c1-27-19-12-15(13-20(28-2)23(19)29-3)14-21(26)25-22(16-6-4-5-7-16)17-8-10-18(24)11-9-17/h8-13,16,22H,4-7,14H2,1-3H3,(H,25,26). The fraction of sp³-hybridized carbons (Fsp3) is 0.435. The Morgan fingerprint density at radius 1 is 1.03 bits per heavy atom. The van der Waals surface area contributed by atoms with E-state index in [4.69, 9.17) is 14.2 Å². The molecule has 0 radical (unpaired) electrons. The fourth-order valence-electron chi connectivity index (χ4n) is 4.08. The molecule has 0 aromatic heterocycles. The molecule has 156 valence electrons. The van der Waals surface area contributed by atoms with Crippen molar-refractivity contribution in [1.29, 1.82) is 0 Å². The van der Waals surface area contributed by atoms with Crippen molar-refractivity contribution in [3.63, 3.8) is 0 Å². The molecule has 1 fully saturated rings. The van der Waals surface area contributed by atoms with Crippen LogP contribution in [0, 0.1) is 11.7 Å². The smallest absolute Gasteiger partial charge is 0.224 e. The Bertz CT molecular complexity index is 806. The molecular formula is C23H28FNO4. The van der Waals surface area contributed by atoms with E-state index in [1.807, 2.05) is 0 Å². The van der Waals surface area contributed by atoms with Crippen LogP contribution in [0.5, 0.6) is 17.2 Å². The maximum atomic E-state index is 13.4. The zero-order valence-corrected chi connectivity index (χ0v) is 17.2. The van der Waals surface area contributed by atoms with Crippen LogP contribution >= 0.6 is 0 Å². The Balaban J connectivity index is 1.79. The topological polar surface area (TPSA) is 56.8 Å². The molecule has 29 heavy (non-hydrogen) atoms. The third-order valence-corrected chi connectivity index (χ3v) is 5.51. The molecule has 0 aliphatic heterocycles. The summed E-state index contributed by atoms with van der Waals surface area (Å²) in [4.78, 5) is 12.9. The second-order valence-electron chi connectivity index (χ2n) is 7.35. The summed E-state index contributed by atoms with van der Waals surface area (Å²) in [7, 11) is 4.64. The minimum atomic E-state index is -0.275. The van der Waals surface area contributed by atoms with Crippen molar-refractivity contribution in [2.75, 3.05) is 21.3 Å². The largest absolute Gasteiger partial charge is 0.493 e. The first-order valence-corrected chi connectivity index (χ1v) is 9.89. The second-order valence-corrected chi connectivity index (χ2v) is 7.35. The Kier molecular flexibility index (Phi) is 6.96. The summed E-state index contributed by atoms with van der Waals surface area (Å²) in [5, 5.41) is 3.17. The van der Waals surface area contributed by atoms with Crippen molar-refractivity contribution < 1.29 is 23.4 Å². The number of methoxy groups -OCH3 is 3. The van der Waals surface area contributed by atoms with E-state index in [2.05, 4.69) is 5.32 Å². The highest BCUT2D eigenvalue weighted by Gasteiger charge is 2.28. The minimum Gasteiger partial charge on any atom is -0.493 e. The normalized spacial score (nSPS) is 15.0. The van der Waals surface area contributed by atoms with E-state index in [-0.39, 0.29) is 24.2 Å². The molecule has 0 heterocycles. The number of halogens is 1. The minimum absolute atomic E-state index is 0.0968. The van der Waals surface area contributed by atoms with E-state index < -0.39 is 0 Å². The monoisotopic (exact) mass is 401 g/mol. The van der Waals surface area contributed by atoms with Crippen LogP contribution in [0.2, 0.25) is 0 Å². The number of amides is 1. The van der Waals surface area contributed by atoms with E-state index in [1.165, 1.54) is 12.1 Å².